The number of benzene rings is 1. The molecule has 0 saturated carbocycles. The van der Waals surface area contributed by atoms with Crippen LogP contribution in [0.1, 0.15) is 5.56 Å². The van der Waals surface area contributed by atoms with Gasteiger partial charge >= 0.3 is 0 Å². The molecule has 0 heterocycles. The average Bonchev–Trinajstić information content (AvgIpc) is 2.29. The second-order valence-corrected chi connectivity index (χ2v) is 3.41. The molecule has 1 radical (unpaired) electrons. The molecular weight excluding hydrogens is 202 g/mol. The van der Waals surface area contributed by atoms with Crippen LogP contribution < -0.4 is 4.74 Å². The highest BCUT2D eigenvalue weighted by Gasteiger charge is 2.06. The molecule has 85 valence electrons. The first kappa shape index (κ1) is 12.2. The number of ether oxygens (including phenoxy) is 1. The van der Waals surface area contributed by atoms with Gasteiger partial charge in [0.2, 0.25) is 5.88 Å². The Hall–Kier alpha value is -1.90. The van der Waals surface area contributed by atoms with Gasteiger partial charge in [-0.25, -0.2) is 0 Å². The fourth-order valence-electron chi connectivity index (χ4n) is 1.36. The molecule has 0 bridgehead atoms. The van der Waals surface area contributed by atoms with Crippen molar-refractivity contribution in [3.63, 3.8) is 0 Å². The third kappa shape index (κ3) is 3.35. The normalized spacial score (nSPS) is 9.56. The summed E-state index contributed by atoms with van der Waals surface area (Å²) in [7, 11) is 1.62. The van der Waals surface area contributed by atoms with Crippen molar-refractivity contribution in [3.05, 3.63) is 54.9 Å². The third-order valence-electron chi connectivity index (χ3n) is 2.23. The van der Waals surface area contributed by atoms with Crippen molar-refractivity contribution in [2.75, 3.05) is 13.7 Å². The van der Waals surface area contributed by atoms with Crippen molar-refractivity contribution in [2.24, 2.45) is 0 Å². The fourth-order valence-corrected chi connectivity index (χ4v) is 1.36. The van der Waals surface area contributed by atoms with Gasteiger partial charge in [-0.15, -0.1) is 6.58 Å². The maximum Gasteiger partial charge on any atom is 0.239 e. The van der Waals surface area contributed by atoms with Gasteiger partial charge in [-0.1, -0.05) is 18.2 Å². The molecule has 0 fully saturated rings. The van der Waals surface area contributed by atoms with E-state index in [4.69, 9.17) is 4.74 Å². The van der Waals surface area contributed by atoms with E-state index in [1.54, 1.807) is 18.1 Å². The van der Waals surface area contributed by atoms with E-state index in [9.17, 15) is 5.11 Å². The van der Waals surface area contributed by atoms with E-state index in [0.717, 1.165) is 11.3 Å². The molecule has 0 unspecified atom stereocenters. The van der Waals surface area contributed by atoms with Crippen LogP contribution >= 0.6 is 0 Å². The summed E-state index contributed by atoms with van der Waals surface area (Å²) in [6.45, 7) is 8.06. The van der Waals surface area contributed by atoms with Crippen LogP contribution in [0, 0.1) is 0 Å². The molecule has 0 atom stereocenters. The van der Waals surface area contributed by atoms with E-state index >= 15 is 0 Å². The van der Waals surface area contributed by atoms with Crippen molar-refractivity contribution >= 4 is 0 Å². The smallest absolute Gasteiger partial charge is 0.239 e. The van der Waals surface area contributed by atoms with Gasteiger partial charge in [0.05, 0.1) is 7.11 Å². The third-order valence-corrected chi connectivity index (χ3v) is 2.23. The Kier molecular flexibility index (Phi) is 4.45. The minimum atomic E-state index is -0.198. The number of hydrogen-bond donors (Lipinski definition) is 0. The zero-order valence-corrected chi connectivity index (χ0v) is 9.48. The largest absolute Gasteiger partial charge is 0.497 e. The SMILES string of the molecule is C=CCN(Cc1ccc(OC)cc1)C(=C)[O]. The topological polar surface area (TPSA) is 32.4 Å². The molecule has 0 aromatic heterocycles. The fraction of sp³-hybridized carbons (Fsp3) is 0.231. The molecule has 3 nitrogen and oxygen atoms in total. The summed E-state index contributed by atoms with van der Waals surface area (Å²) in [5, 5.41) is 11.2. The Bertz CT molecular complexity index is 357. The van der Waals surface area contributed by atoms with Crippen molar-refractivity contribution in [2.45, 2.75) is 6.54 Å². The molecule has 1 aromatic rings. The Labute approximate surface area is 96.3 Å². The monoisotopic (exact) mass is 218 g/mol. The maximum absolute atomic E-state index is 11.2. The second kappa shape index (κ2) is 5.85. The van der Waals surface area contributed by atoms with E-state index in [2.05, 4.69) is 13.2 Å². The summed E-state index contributed by atoms with van der Waals surface area (Å²) >= 11 is 0. The molecule has 0 aliphatic heterocycles. The molecule has 1 aromatic carbocycles. The summed E-state index contributed by atoms with van der Waals surface area (Å²) in [4.78, 5) is 1.62. The highest BCUT2D eigenvalue weighted by atomic mass is 16.5. The number of nitrogens with zero attached hydrogens (tertiary/aromatic N) is 1. The van der Waals surface area contributed by atoms with Crippen LogP contribution in [0.15, 0.2) is 49.4 Å². The second-order valence-electron chi connectivity index (χ2n) is 3.41. The molecule has 0 N–H and O–H groups in total. The molecular formula is C13H16NO2. The minimum absolute atomic E-state index is 0.198. The van der Waals surface area contributed by atoms with Gasteiger partial charge < -0.3 is 9.64 Å². The summed E-state index contributed by atoms with van der Waals surface area (Å²) in [5.41, 5.74) is 1.04. The van der Waals surface area contributed by atoms with Gasteiger partial charge in [0.25, 0.3) is 0 Å². The Morgan fingerprint density at radius 3 is 2.50 bits per heavy atom. The number of methoxy groups -OCH3 is 1. The Balaban J connectivity index is 2.69. The zero-order valence-electron chi connectivity index (χ0n) is 9.48. The van der Waals surface area contributed by atoms with E-state index in [-0.39, 0.29) is 5.88 Å². The molecule has 1 rings (SSSR count). The van der Waals surface area contributed by atoms with Crippen LogP contribution in [0.25, 0.3) is 0 Å². The zero-order chi connectivity index (χ0) is 12.0. The first-order valence-electron chi connectivity index (χ1n) is 5.02. The van der Waals surface area contributed by atoms with Crippen LogP contribution in [-0.4, -0.2) is 18.6 Å². The molecule has 3 heteroatoms. The van der Waals surface area contributed by atoms with Gasteiger partial charge in [0, 0.05) is 13.1 Å². The Morgan fingerprint density at radius 2 is 2.06 bits per heavy atom. The van der Waals surface area contributed by atoms with Crippen molar-refractivity contribution in [1.82, 2.24) is 4.90 Å². The van der Waals surface area contributed by atoms with E-state index in [0.29, 0.717) is 13.1 Å². The first-order valence-corrected chi connectivity index (χ1v) is 5.02. The lowest BCUT2D eigenvalue weighted by Gasteiger charge is -2.19. The van der Waals surface area contributed by atoms with Gasteiger partial charge in [-0.3, -0.25) is 5.11 Å². The standard InChI is InChI=1S/C13H16NO2/c1-4-9-14(11(2)15)10-12-5-7-13(16-3)8-6-12/h4-8H,1-2,9-10H2,3H3. The van der Waals surface area contributed by atoms with Gasteiger partial charge in [-0.2, -0.15) is 0 Å². The maximum atomic E-state index is 11.2. The molecule has 0 amide bonds. The highest BCUT2D eigenvalue weighted by Crippen LogP contribution is 2.14. The molecule has 0 saturated heterocycles. The van der Waals surface area contributed by atoms with Crippen LogP contribution in [-0.2, 0) is 11.7 Å². The van der Waals surface area contributed by atoms with E-state index in [1.165, 1.54) is 0 Å². The lowest BCUT2D eigenvalue weighted by molar-refractivity contribution is 0.153. The van der Waals surface area contributed by atoms with Crippen LogP contribution in [0.4, 0.5) is 0 Å². The van der Waals surface area contributed by atoms with Crippen molar-refractivity contribution < 1.29 is 9.84 Å². The molecule has 0 spiro atoms. The molecule has 0 aliphatic carbocycles. The van der Waals surface area contributed by atoms with E-state index < -0.39 is 0 Å². The van der Waals surface area contributed by atoms with Crippen LogP contribution in [0.5, 0.6) is 5.75 Å². The molecule has 0 aliphatic rings. The van der Waals surface area contributed by atoms with Gasteiger partial charge in [-0.05, 0) is 24.3 Å². The number of rotatable bonds is 6. The predicted octanol–water partition coefficient (Wildman–Crippen LogP) is 2.58. The van der Waals surface area contributed by atoms with Gasteiger partial charge in [0.15, 0.2) is 0 Å². The summed E-state index contributed by atoms with van der Waals surface area (Å²) in [6.07, 6.45) is 1.69. The number of hydrogen-bond acceptors (Lipinski definition) is 2. The quantitative estimate of drug-likeness (QED) is 0.543. The summed E-state index contributed by atoms with van der Waals surface area (Å²) in [6, 6.07) is 7.60. The minimum Gasteiger partial charge on any atom is -0.497 e. The lowest BCUT2D eigenvalue weighted by Crippen LogP contribution is -2.21. The summed E-state index contributed by atoms with van der Waals surface area (Å²) < 4.78 is 5.06. The predicted molar refractivity (Wildman–Crippen MR) is 63.4 cm³/mol. The van der Waals surface area contributed by atoms with Crippen LogP contribution in [0.3, 0.4) is 0 Å². The van der Waals surface area contributed by atoms with Gasteiger partial charge in [0.1, 0.15) is 5.75 Å². The molecule has 16 heavy (non-hydrogen) atoms. The van der Waals surface area contributed by atoms with Crippen molar-refractivity contribution in [1.29, 1.82) is 0 Å². The average molecular weight is 218 g/mol. The highest BCUT2D eigenvalue weighted by molar-refractivity contribution is 5.27. The first-order chi connectivity index (χ1) is 7.67. The Morgan fingerprint density at radius 1 is 1.44 bits per heavy atom. The lowest BCUT2D eigenvalue weighted by atomic mass is 10.2. The van der Waals surface area contributed by atoms with Crippen molar-refractivity contribution in [3.8, 4) is 5.75 Å². The van der Waals surface area contributed by atoms with E-state index in [1.807, 2.05) is 24.3 Å². The van der Waals surface area contributed by atoms with Crippen LogP contribution in [0.2, 0.25) is 0 Å². The summed E-state index contributed by atoms with van der Waals surface area (Å²) in [5.74, 6) is 0.607.